The van der Waals surface area contributed by atoms with Crippen molar-refractivity contribution in [3.05, 3.63) is 44.8 Å². The van der Waals surface area contributed by atoms with Crippen molar-refractivity contribution in [1.82, 2.24) is 0 Å². The Hall–Kier alpha value is -2.47. The van der Waals surface area contributed by atoms with Crippen molar-refractivity contribution in [3.63, 3.8) is 0 Å². The molecule has 1 aliphatic rings. The van der Waals surface area contributed by atoms with Crippen LogP contribution in [0, 0.1) is 0 Å². The van der Waals surface area contributed by atoms with Crippen molar-refractivity contribution in [2.24, 2.45) is 10.7 Å². The molecule has 114 valence electrons. The molecule has 0 radical (unpaired) electrons. The summed E-state index contributed by atoms with van der Waals surface area (Å²) in [6.07, 6.45) is 1.24. The highest BCUT2D eigenvalue weighted by molar-refractivity contribution is 5.88. The first-order chi connectivity index (χ1) is 10.3. The van der Waals surface area contributed by atoms with E-state index in [1.54, 1.807) is 12.1 Å². The highest BCUT2D eigenvalue weighted by atomic mass is 16.4. The van der Waals surface area contributed by atoms with Gasteiger partial charge in [0.1, 0.15) is 5.58 Å². The van der Waals surface area contributed by atoms with Crippen LogP contribution in [0.4, 0.5) is 0 Å². The van der Waals surface area contributed by atoms with E-state index in [0.717, 1.165) is 5.56 Å². The highest BCUT2D eigenvalue weighted by Crippen LogP contribution is 2.18. The van der Waals surface area contributed by atoms with Gasteiger partial charge in [0.15, 0.2) is 5.54 Å². The number of fused-ring (bicyclic) bond motifs is 2. The number of nitrogens with zero attached hydrogens (tertiary/aromatic N) is 1. The Labute approximate surface area is 125 Å². The fourth-order valence-electron chi connectivity index (χ4n) is 2.45. The zero-order valence-electron chi connectivity index (χ0n) is 12.3. The summed E-state index contributed by atoms with van der Waals surface area (Å²) in [7, 11) is 0. The van der Waals surface area contributed by atoms with Crippen LogP contribution in [-0.4, -0.2) is 23.2 Å². The Morgan fingerprint density at radius 2 is 2.18 bits per heavy atom. The Morgan fingerprint density at radius 1 is 1.45 bits per heavy atom. The van der Waals surface area contributed by atoms with Crippen molar-refractivity contribution < 1.29 is 14.3 Å². The molecule has 0 fully saturated rings. The molecule has 1 aromatic heterocycles. The monoisotopic (exact) mass is 300 g/mol. The van der Waals surface area contributed by atoms with E-state index in [9.17, 15) is 14.7 Å². The zero-order chi connectivity index (χ0) is 16.1. The third kappa shape index (κ3) is 2.12. The van der Waals surface area contributed by atoms with Gasteiger partial charge in [-0.25, -0.2) is 9.79 Å². The van der Waals surface area contributed by atoms with Crippen LogP contribution in [0.1, 0.15) is 25.3 Å². The van der Waals surface area contributed by atoms with Gasteiger partial charge >= 0.3 is 5.97 Å². The van der Waals surface area contributed by atoms with Crippen LogP contribution in [0.15, 0.2) is 32.4 Å². The zero-order valence-corrected chi connectivity index (χ0v) is 12.3. The lowest BCUT2D eigenvalue weighted by Gasteiger charge is -2.20. The molecule has 1 atom stereocenters. The highest BCUT2D eigenvalue weighted by Gasteiger charge is 2.33. The predicted molar refractivity (Wildman–Crippen MR) is 81.2 cm³/mol. The second-order valence-electron chi connectivity index (χ2n) is 5.87. The number of hydrogen-bond donors (Lipinski definition) is 2. The normalized spacial score (nSPS) is 20.4. The minimum absolute atomic E-state index is 0.115. The molecule has 6 heteroatoms. The molecule has 2 heterocycles. The van der Waals surface area contributed by atoms with E-state index in [-0.39, 0.29) is 28.7 Å². The van der Waals surface area contributed by atoms with E-state index in [1.807, 2.05) is 19.9 Å². The van der Waals surface area contributed by atoms with E-state index in [4.69, 9.17) is 10.2 Å². The van der Waals surface area contributed by atoms with Gasteiger partial charge in [-0.3, -0.25) is 4.79 Å². The second-order valence-corrected chi connectivity index (χ2v) is 5.87. The molecule has 1 aliphatic heterocycles. The Morgan fingerprint density at radius 3 is 2.82 bits per heavy atom. The lowest BCUT2D eigenvalue weighted by atomic mass is 9.97. The summed E-state index contributed by atoms with van der Waals surface area (Å²) >= 11 is 0. The Balaban J connectivity index is 2.39. The van der Waals surface area contributed by atoms with Crippen molar-refractivity contribution >= 4 is 23.0 Å². The van der Waals surface area contributed by atoms with Crippen LogP contribution in [-0.2, 0) is 4.79 Å². The minimum Gasteiger partial charge on any atom is -0.480 e. The molecule has 3 rings (SSSR count). The molecule has 0 amide bonds. The third-order valence-electron chi connectivity index (χ3n) is 3.88. The van der Waals surface area contributed by atoms with Crippen LogP contribution in [0.2, 0.25) is 0 Å². The smallest absolute Gasteiger partial charge is 0.329 e. The summed E-state index contributed by atoms with van der Waals surface area (Å²) in [5.74, 6) is -0.960. The van der Waals surface area contributed by atoms with Crippen LogP contribution in [0.25, 0.3) is 17.0 Å². The number of carboxylic acids is 1. The van der Waals surface area contributed by atoms with Gasteiger partial charge in [0.25, 0.3) is 0 Å². The summed E-state index contributed by atoms with van der Waals surface area (Å²) in [5.41, 5.74) is 5.37. The summed E-state index contributed by atoms with van der Waals surface area (Å²) in [6, 6.07) is 5.41. The van der Waals surface area contributed by atoms with Crippen molar-refractivity contribution in [2.75, 3.05) is 6.54 Å². The van der Waals surface area contributed by atoms with Gasteiger partial charge in [-0.1, -0.05) is 19.9 Å². The first-order valence-electron chi connectivity index (χ1n) is 6.98. The maximum Gasteiger partial charge on any atom is 0.329 e. The number of rotatable bonds is 2. The number of nitrogens with two attached hydrogens (primary N) is 1. The van der Waals surface area contributed by atoms with Gasteiger partial charge in [0, 0.05) is 0 Å². The fraction of sp³-hybridized carbons (Fsp3) is 0.312. The molecule has 0 aliphatic carbocycles. The molecular weight excluding hydrogens is 284 g/mol. The summed E-state index contributed by atoms with van der Waals surface area (Å²) in [5, 5.41) is 9.72. The third-order valence-corrected chi connectivity index (χ3v) is 3.88. The summed E-state index contributed by atoms with van der Waals surface area (Å²) < 4.78 is 5.63. The fourth-order valence-corrected chi connectivity index (χ4v) is 2.45. The molecule has 6 nitrogen and oxygen atoms in total. The quantitative estimate of drug-likeness (QED) is 0.819. The van der Waals surface area contributed by atoms with Crippen LogP contribution >= 0.6 is 0 Å². The van der Waals surface area contributed by atoms with Crippen LogP contribution in [0.3, 0.4) is 0 Å². The first-order valence-corrected chi connectivity index (χ1v) is 6.98. The van der Waals surface area contributed by atoms with E-state index < -0.39 is 11.5 Å². The first kappa shape index (κ1) is 14.5. The number of carboxylic acid groups (broad SMARTS) is 1. The topological polar surface area (TPSA) is 106 Å². The molecule has 0 saturated carbocycles. The lowest BCUT2D eigenvalue weighted by Crippen LogP contribution is -2.56. The van der Waals surface area contributed by atoms with Gasteiger partial charge in [-0.15, -0.1) is 0 Å². The van der Waals surface area contributed by atoms with Crippen molar-refractivity contribution in [1.29, 1.82) is 0 Å². The molecular formula is C16H16N2O4. The lowest BCUT2D eigenvalue weighted by molar-refractivity contribution is -0.140. The van der Waals surface area contributed by atoms with Gasteiger partial charge in [-0.2, -0.15) is 0 Å². The molecule has 0 bridgehead atoms. The number of benzene rings is 1. The standard InChI is InChI=1S/C16H16N2O4/c1-8(2)9-3-4-12-10(5-9)13(19)11-6-16(17,15(20)21)7-18-14(11)22-12/h3-6,8H,7,17H2,1-2H3,(H,20,21). The molecule has 0 saturated heterocycles. The van der Waals surface area contributed by atoms with Crippen LogP contribution in [0.5, 0.6) is 0 Å². The second kappa shape index (κ2) is 4.78. The summed E-state index contributed by atoms with van der Waals surface area (Å²) in [6.45, 7) is 3.89. The van der Waals surface area contributed by atoms with E-state index in [0.29, 0.717) is 11.0 Å². The number of aliphatic carboxylic acids is 1. The average Bonchev–Trinajstić information content (AvgIpc) is 2.48. The SMILES string of the molecule is CC(C)c1ccc2oc3c(c(=O)c2c1)=CC(N)(C(=O)O)CN=3. The van der Waals surface area contributed by atoms with Gasteiger partial charge < -0.3 is 15.3 Å². The largest absolute Gasteiger partial charge is 0.480 e. The Bertz CT molecular complexity index is 958. The van der Waals surface area contributed by atoms with E-state index in [1.165, 1.54) is 6.08 Å². The van der Waals surface area contributed by atoms with Crippen molar-refractivity contribution in [2.45, 2.75) is 25.3 Å². The van der Waals surface area contributed by atoms with E-state index in [2.05, 4.69) is 4.99 Å². The number of hydrogen-bond acceptors (Lipinski definition) is 5. The van der Waals surface area contributed by atoms with Gasteiger partial charge in [0.05, 0.1) is 17.1 Å². The molecule has 0 spiro atoms. The minimum atomic E-state index is -1.68. The van der Waals surface area contributed by atoms with Gasteiger partial charge in [-0.05, 0) is 29.7 Å². The number of carbonyl (C=O) groups is 1. The maximum atomic E-state index is 12.7. The molecule has 2 aromatic rings. The Kier molecular flexibility index (Phi) is 3.14. The molecule has 3 N–H and O–H groups in total. The maximum absolute atomic E-state index is 12.7. The molecule has 22 heavy (non-hydrogen) atoms. The van der Waals surface area contributed by atoms with E-state index >= 15 is 0 Å². The van der Waals surface area contributed by atoms with Crippen LogP contribution < -0.4 is 21.9 Å². The molecule has 1 aromatic carbocycles. The average molecular weight is 300 g/mol. The summed E-state index contributed by atoms with van der Waals surface area (Å²) in [4.78, 5) is 27.9. The molecule has 1 unspecified atom stereocenters. The van der Waals surface area contributed by atoms with Crippen molar-refractivity contribution in [3.8, 4) is 0 Å². The van der Waals surface area contributed by atoms with Gasteiger partial charge in [0.2, 0.25) is 11.0 Å². The predicted octanol–water partition coefficient (Wildman–Crippen LogP) is 0.112.